The minimum atomic E-state index is -0.505. The first-order valence-corrected chi connectivity index (χ1v) is 7.29. The maximum atomic E-state index is 12.0. The van der Waals surface area contributed by atoms with Crippen LogP contribution in [-0.2, 0) is 12.8 Å². The van der Waals surface area contributed by atoms with E-state index in [0.717, 1.165) is 36.9 Å². The van der Waals surface area contributed by atoms with Crippen LogP contribution in [0, 0.1) is 0 Å². The number of fused-ring (bicyclic) bond motifs is 3. The Bertz CT molecular complexity index is 685. The van der Waals surface area contributed by atoms with Gasteiger partial charge in [-0.1, -0.05) is 0 Å². The van der Waals surface area contributed by atoms with E-state index in [1.807, 2.05) is 20.8 Å². The lowest BCUT2D eigenvalue weighted by molar-refractivity contribution is 0.189. The van der Waals surface area contributed by atoms with Gasteiger partial charge in [-0.05, 0) is 52.0 Å². The summed E-state index contributed by atoms with van der Waals surface area (Å²) in [5.41, 5.74) is 3.43. The molecule has 2 aromatic rings. The summed E-state index contributed by atoms with van der Waals surface area (Å²) >= 11 is 0. The van der Waals surface area contributed by atoms with Gasteiger partial charge in [0.05, 0.1) is 11.8 Å². The molecule has 0 aromatic carbocycles. The Balaban J connectivity index is 1.95. The first-order chi connectivity index (χ1) is 9.94. The number of nitrogens with one attached hydrogen (secondary N) is 2. The molecule has 2 aromatic heterocycles. The maximum absolute atomic E-state index is 12.0. The van der Waals surface area contributed by atoms with Crippen molar-refractivity contribution in [2.45, 2.75) is 52.0 Å². The van der Waals surface area contributed by atoms with Gasteiger partial charge >= 0.3 is 6.09 Å². The van der Waals surface area contributed by atoms with Gasteiger partial charge in [-0.25, -0.2) is 14.8 Å². The van der Waals surface area contributed by atoms with Crippen LogP contribution in [0.5, 0.6) is 5.88 Å². The molecule has 0 saturated heterocycles. The Morgan fingerprint density at radius 2 is 2.10 bits per heavy atom. The smallest absolute Gasteiger partial charge is 0.389 e. The normalized spacial score (nSPS) is 14.8. The largest absolute Gasteiger partial charge is 0.414 e. The topological polar surface area (TPSA) is 79.9 Å². The molecular formula is C15H20N4O2. The molecule has 6 nitrogen and oxygen atoms in total. The average Bonchev–Trinajstić information content (AvgIpc) is 2.86. The van der Waals surface area contributed by atoms with E-state index < -0.39 is 6.09 Å². The number of aryl methyl sites for hydroxylation is 2. The number of nitrogens with zero attached hydrogens (tertiary/aromatic N) is 2. The number of pyridine rings is 1. The number of amides is 1. The van der Waals surface area contributed by atoms with Crippen molar-refractivity contribution in [3.8, 4) is 5.88 Å². The van der Waals surface area contributed by atoms with Gasteiger partial charge in [0.1, 0.15) is 0 Å². The minimum absolute atomic E-state index is 0.286. The van der Waals surface area contributed by atoms with Gasteiger partial charge in [-0.3, -0.25) is 0 Å². The van der Waals surface area contributed by atoms with E-state index in [4.69, 9.17) is 4.74 Å². The number of aromatic nitrogens is 3. The van der Waals surface area contributed by atoms with E-state index in [0.29, 0.717) is 5.52 Å². The zero-order chi connectivity index (χ0) is 15.0. The number of H-pyrrole nitrogens is 1. The number of hydrogen-bond donors (Lipinski definition) is 2. The molecule has 1 amide bonds. The van der Waals surface area contributed by atoms with Crippen molar-refractivity contribution in [2.24, 2.45) is 0 Å². The highest BCUT2D eigenvalue weighted by Gasteiger charge is 2.22. The molecule has 2 heterocycles. The molecule has 0 saturated carbocycles. The molecule has 6 heteroatoms. The Morgan fingerprint density at radius 1 is 1.33 bits per heavy atom. The molecule has 112 valence electrons. The lowest BCUT2D eigenvalue weighted by Gasteiger charge is -2.20. The van der Waals surface area contributed by atoms with E-state index in [2.05, 4.69) is 20.3 Å². The molecule has 1 aliphatic carbocycles. The van der Waals surface area contributed by atoms with Crippen LogP contribution >= 0.6 is 0 Å². The molecule has 21 heavy (non-hydrogen) atoms. The van der Waals surface area contributed by atoms with Gasteiger partial charge in [0, 0.05) is 11.2 Å². The van der Waals surface area contributed by atoms with Crippen molar-refractivity contribution in [2.75, 3.05) is 0 Å². The highest BCUT2D eigenvalue weighted by molar-refractivity contribution is 5.86. The molecule has 0 fully saturated rings. The fourth-order valence-corrected chi connectivity index (χ4v) is 2.63. The van der Waals surface area contributed by atoms with Crippen LogP contribution in [0.1, 0.15) is 44.9 Å². The monoisotopic (exact) mass is 288 g/mol. The summed E-state index contributed by atoms with van der Waals surface area (Å²) in [6, 6.07) is 0. The average molecular weight is 288 g/mol. The van der Waals surface area contributed by atoms with Gasteiger partial charge < -0.3 is 15.0 Å². The third-order valence-corrected chi connectivity index (χ3v) is 3.49. The number of aromatic amines is 1. The second-order valence-corrected chi connectivity index (χ2v) is 6.44. The molecule has 3 rings (SSSR count). The summed E-state index contributed by atoms with van der Waals surface area (Å²) in [7, 11) is 0. The van der Waals surface area contributed by atoms with Gasteiger partial charge in [0.25, 0.3) is 5.88 Å². The summed E-state index contributed by atoms with van der Waals surface area (Å²) in [5.74, 6) is 0.286. The van der Waals surface area contributed by atoms with Crippen LogP contribution in [0.15, 0.2) is 6.33 Å². The predicted octanol–water partition coefficient (Wildman–Crippen LogP) is 2.72. The van der Waals surface area contributed by atoms with Crippen LogP contribution in [0.4, 0.5) is 4.79 Å². The van der Waals surface area contributed by atoms with Crippen molar-refractivity contribution < 1.29 is 9.53 Å². The van der Waals surface area contributed by atoms with Crippen molar-refractivity contribution in [1.82, 2.24) is 20.3 Å². The number of carbonyl (C=O) groups is 1. The van der Waals surface area contributed by atoms with Crippen LogP contribution in [0.25, 0.3) is 11.0 Å². The van der Waals surface area contributed by atoms with Crippen LogP contribution in [0.2, 0.25) is 0 Å². The van der Waals surface area contributed by atoms with Crippen LogP contribution in [-0.4, -0.2) is 26.6 Å². The number of rotatable bonds is 1. The Labute approximate surface area is 123 Å². The van der Waals surface area contributed by atoms with E-state index in [1.165, 1.54) is 5.56 Å². The predicted molar refractivity (Wildman–Crippen MR) is 79.4 cm³/mol. The Kier molecular flexibility index (Phi) is 3.31. The molecule has 2 N–H and O–H groups in total. The zero-order valence-corrected chi connectivity index (χ0v) is 12.6. The van der Waals surface area contributed by atoms with Crippen LogP contribution < -0.4 is 10.1 Å². The summed E-state index contributed by atoms with van der Waals surface area (Å²) in [5, 5.41) is 2.77. The fraction of sp³-hybridized carbons (Fsp3) is 0.533. The molecule has 1 aliphatic rings. The SMILES string of the molecule is CC(C)(C)NC(=O)Oc1nc2c(c3[nH]cnc13)CCCC2. The second kappa shape index (κ2) is 5.02. The molecule has 0 bridgehead atoms. The molecule has 0 unspecified atom stereocenters. The van der Waals surface area contributed by atoms with Crippen molar-refractivity contribution in [3.05, 3.63) is 17.6 Å². The van der Waals surface area contributed by atoms with Crippen molar-refractivity contribution >= 4 is 17.1 Å². The van der Waals surface area contributed by atoms with Crippen molar-refractivity contribution in [1.29, 1.82) is 0 Å². The highest BCUT2D eigenvalue weighted by atomic mass is 16.6. The third-order valence-electron chi connectivity index (χ3n) is 3.49. The minimum Gasteiger partial charge on any atom is -0.389 e. The first kappa shape index (κ1) is 13.9. The second-order valence-electron chi connectivity index (χ2n) is 6.44. The number of hydrogen-bond acceptors (Lipinski definition) is 4. The quantitative estimate of drug-likeness (QED) is 0.845. The molecule has 0 atom stereocenters. The number of imidazole rings is 1. The van der Waals surface area contributed by atoms with Crippen molar-refractivity contribution in [3.63, 3.8) is 0 Å². The summed E-state index contributed by atoms with van der Waals surface area (Å²) in [6.07, 6.45) is 5.31. The molecule has 0 aliphatic heterocycles. The molecule has 0 radical (unpaired) electrons. The fourth-order valence-electron chi connectivity index (χ4n) is 2.63. The number of carbonyl (C=O) groups excluding carboxylic acids is 1. The van der Waals surface area contributed by atoms with E-state index >= 15 is 0 Å². The van der Waals surface area contributed by atoms with Gasteiger partial charge in [-0.2, -0.15) is 0 Å². The van der Waals surface area contributed by atoms with Gasteiger partial charge in [0.15, 0.2) is 5.52 Å². The summed E-state index contributed by atoms with van der Waals surface area (Å²) < 4.78 is 5.38. The number of ether oxygens (including phenoxy) is 1. The molecule has 0 spiro atoms. The standard InChI is InChI=1S/C15H20N4O2/c1-15(2,3)19-14(20)21-13-12-11(16-8-17-12)9-6-4-5-7-10(9)18-13/h8H,4-7H2,1-3H3,(H,16,17)(H,19,20). The third kappa shape index (κ3) is 2.84. The van der Waals surface area contributed by atoms with E-state index in [9.17, 15) is 4.79 Å². The van der Waals surface area contributed by atoms with E-state index in [-0.39, 0.29) is 11.4 Å². The lowest BCUT2D eigenvalue weighted by Crippen LogP contribution is -2.42. The highest BCUT2D eigenvalue weighted by Crippen LogP contribution is 2.30. The summed E-state index contributed by atoms with van der Waals surface area (Å²) in [6.45, 7) is 5.70. The molecular weight excluding hydrogens is 268 g/mol. The summed E-state index contributed by atoms with van der Waals surface area (Å²) in [4.78, 5) is 23.9. The Morgan fingerprint density at radius 3 is 2.86 bits per heavy atom. The van der Waals surface area contributed by atoms with E-state index in [1.54, 1.807) is 6.33 Å². The lowest BCUT2D eigenvalue weighted by atomic mass is 9.95. The van der Waals surface area contributed by atoms with Crippen LogP contribution in [0.3, 0.4) is 0 Å². The first-order valence-electron chi connectivity index (χ1n) is 7.29. The van der Waals surface area contributed by atoms with Gasteiger partial charge in [-0.15, -0.1) is 0 Å². The zero-order valence-electron chi connectivity index (χ0n) is 12.6. The Hall–Kier alpha value is -2.11. The van der Waals surface area contributed by atoms with Gasteiger partial charge in [0.2, 0.25) is 0 Å². The maximum Gasteiger partial charge on any atom is 0.414 e.